The largest absolute Gasteiger partial charge is 0.378 e. The molecule has 0 aliphatic heterocycles. The molecule has 0 atom stereocenters. The highest BCUT2D eigenvalue weighted by Crippen LogP contribution is 2.17. The second kappa shape index (κ2) is 7.79. The second-order valence-corrected chi connectivity index (χ2v) is 7.07. The molecule has 7 nitrogen and oxygen atoms in total. The molecule has 0 saturated carbocycles. The lowest BCUT2D eigenvalue weighted by atomic mass is 10.1. The van der Waals surface area contributed by atoms with Gasteiger partial charge in [0.1, 0.15) is 5.82 Å². The van der Waals surface area contributed by atoms with Crippen LogP contribution in [0.3, 0.4) is 0 Å². The van der Waals surface area contributed by atoms with Gasteiger partial charge in [-0.2, -0.15) is 0 Å². The molecular weight excluding hydrogens is 366 g/mol. The molecule has 0 bridgehead atoms. The van der Waals surface area contributed by atoms with Crippen LogP contribution >= 0.6 is 0 Å². The molecule has 2 N–H and O–H groups in total. The monoisotopic (exact) mass is 389 g/mol. The summed E-state index contributed by atoms with van der Waals surface area (Å²) in [5.74, 6) is 0.714. The first-order valence-corrected chi connectivity index (χ1v) is 9.56. The van der Waals surface area contributed by atoms with E-state index < -0.39 is 11.2 Å². The van der Waals surface area contributed by atoms with Crippen molar-refractivity contribution in [2.24, 2.45) is 7.05 Å². The highest BCUT2D eigenvalue weighted by atomic mass is 16.2. The van der Waals surface area contributed by atoms with Crippen molar-refractivity contribution in [1.29, 1.82) is 0 Å². The lowest BCUT2D eigenvalue weighted by Crippen LogP contribution is -2.29. The summed E-state index contributed by atoms with van der Waals surface area (Å²) in [7, 11) is 1.62. The number of aryl methyl sites for hydroxylation is 4. The lowest BCUT2D eigenvalue weighted by molar-refractivity contribution is 0.673. The topological polar surface area (TPSA) is 84.7 Å². The maximum atomic E-state index is 12.6. The number of benzene rings is 2. The molecular formula is C22H23N5O2. The molecule has 0 amide bonds. The van der Waals surface area contributed by atoms with Crippen LogP contribution in [0.4, 0.5) is 5.69 Å². The maximum absolute atomic E-state index is 12.6. The Kier molecular flexibility index (Phi) is 5.03. The molecule has 148 valence electrons. The van der Waals surface area contributed by atoms with Gasteiger partial charge in [0.15, 0.2) is 11.2 Å². The predicted molar refractivity (Wildman–Crippen MR) is 114 cm³/mol. The van der Waals surface area contributed by atoms with Crippen molar-refractivity contribution in [3.05, 3.63) is 92.4 Å². The summed E-state index contributed by atoms with van der Waals surface area (Å²) in [6.07, 6.45) is 0.756. The molecule has 7 heteroatoms. The van der Waals surface area contributed by atoms with Crippen LogP contribution in [0.15, 0.2) is 64.2 Å². The van der Waals surface area contributed by atoms with E-state index in [2.05, 4.69) is 27.4 Å². The van der Waals surface area contributed by atoms with Gasteiger partial charge in [0.2, 0.25) is 0 Å². The van der Waals surface area contributed by atoms with Gasteiger partial charge < -0.3 is 9.88 Å². The summed E-state index contributed by atoms with van der Waals surface area (Å²) in [6.45, 7) is 3.07. The average Bonchev–Trinajstić information content (AvgIpc) is 3.10. The number of hydrogen-bond acceptors (Lipinski definition) is 4. The summed E-state index contributed by atoms with van der Waals surface area (Å²) < 4.78 is 3.29. The van der Waals surface area contributed by atoms with Crippen molar-refractivity contribution < 1.29 is 0 Å². The van der Waals surface area contributed by atoms with Gasteiger partial charge in [-0.05, 0) is 30.5 Å². The van der Waals surface area contributed by atoms with Gasteiger partial charge in [-0.3, -0.25) is 14.3 Å². The minimum absolute atomic E-state index is 0.397. The number of hydrogen-bond donors (Lipinski definition) is 2. The van der Waals surface area contributed by atoms with Crippen LogP contribution in [0.25, 0.3) is 11.2 Å². The number of rotatable bonds is 6. The quantitative estimate of drug-likeness (QED) is 0.531. The van der Waals surface area contributed by atoms with Crippen molar-refractivity contribution in [3.8, 4) is 0 Å². The highest BCUT2D eigenvalue weighted by Gasteiger charge is 2.17. The van der Waals surface area contributed by atoms with Crippen LogP contribution in [-0.2, 0) is 26.6 Å². The fraction of sp³-hybridized carbons (Fsp3) is 0.227. The van der Waals surface area contributed by atoms with Crippen molar-refractivity contribution >= 4 is 16.9 Å². The van der Waals surface area contributed by atoms with Gasteiger partial charge >= 0.3 is 5.69 Å². The molecule has 29 heavy (non-hydrogen) atoms. The summed E-state index contributed by atoms with van der Waals surface area (Å²) >= 11 is 0. The van der Waals surface area contributed by atoms with E-state index in [9.17, 15) is 9.59 Å². The number of fused-ring (bicyclic) bond motifs is 1. The molecule has 2 aromatic carbocycles. The Hall–Kier alpha value is -3.61. The number of imidazole rings is 1. The van der Waals surface area contributed by atoms with Crippen LogP contribution in [0, 0.1) is 6.92 Å². The van der Waals surface area contributed by atoms with Crippen LogP contribution in [0.5, 0.6) is 0 Å². The SMILES string of the molecule is Cc1ccccc1NCc1nc2c(c(=O)[nH]c(=O)n2C)n1CCc1ccccc1. The molecule has 0 spiro atoms. The lowest BCUT2D eigenvalue weighted by Gasteiger charge is -2.12. The third-order valence-electron chi connectivity index (χ3n) is 5.14. The molecule has 0 aliphatic carbocycles. The molecule has 2 heterocycles. The molecule has 0 fully saturated rings. The number of H-pyrrole nitrogens is 1. The highest BCUT2D eigenvalue weighted by molar-refractivity contribution is 5.71. The zero-order chi connectivity index (χ0) is 20.4. The number of aromatic amines is 1. The zero-order valence-electron chi connectivity index (χ0n) is 16.5. The molecule has 2 aromatic heterocycles. The number of anilines is 1. The number of nitrogens with zero attached hydrogens (tertiary/aromatic N) is 3. The van der Waals surface area contributed by atoms with E-state index in [1.54, 1.807) is 7.05 Å². The Labute approximate surface area is 167 Å². The summed E-state index contributed by atoms with van der Waals surface area (Å²) in [5, 5.41) is 3.40. The van der Waals surface area contributed by atoms with Crippen LogP contribution in [-0.4, -0.2) is 19.1 Å². The molecule has 4 rings (SSSR count). The Morgan fingerprint density at radius 3 is 2.52 bits per heavy atom. The number of para-hydroxylation sites is 1. The summed E-state index contributed by atoms with van der Waals surface area (Å²) in [6, 6.07) is 18.1. The molecule has 0 unspecified atom stereocenters. The molecule has 0 saturated heterocycles. The van der Waals surface area contributed by atoms with E-state index in [4.69, 9.17) is 0 Å². The molecule has 4 aromatic rings. The van der Waals surface area contributed by atoms with Gasteiger partial charge in [-0.1, -0.05) is 48.5 Å². The van der Waals surface area contributed by atoms with Gasteiger partial charge in [-0.25, -0.2) is 9.78 Å². The summed E-state index contributed by atoms with van der Waals surface area (Å²) in [4.78, 5) is 31.6. The Balaban J connectivity index is 1.74. The first-order chi connectivity index (χ1) is 14.0. The summed E-state index contributed by atoms with van der Waals surface area (Å²) in [5.41, 5.74) is 3.26. The van der Waals surface area contributed by atoms with Crippen LogP contribution in [0.2, 0.25) is 0 Å². The second-order valence-electron chi connectivity index (χ2n) is 7.07. The van der Waals surface area contributed by atoms with Crippen molar-refractivity contribution in [2.45, 2.75) is 26.4 Å². The average molecular weight is 389 g/mol. The van der Waals surface area contributed by atoms with Crippen molar-refractivity contribution in [2.75, 3.05) is 5.32 Å². The fourth-order valence-corrected chi connectivity index (χ4v) is 3.49. The first kappa shape index (κ1) is 18.7. The minimum Gasteiger partial charge on any atom is -0.378 e. The van der Waals surface area contributed by atoms with E-state index in [-0.39, 0.29) is 0 Å². The third kappa shape index (κ3) is 3.71. The van der Waals surface area contributed by atoms with E-state index >= 15 is 0 Å². The van der Waals surface area contributed by atoms with Gasteiger partial charge in [-0.15, -0.1) is 0 Å². The van der Waals surface area contributed by atoms with Crippen molar-refractivity contribution in [3.63, 3.8) is 0 Å². The van der Waals surface area contributed by atoms with E-state index in [1.165, 1.54) is 10.1 Å². The standard InChI is InChI=1S/C22H23N5O2/c1-15-8-6-7-11-17(15)23-14-18-24-20-19(21(28)25-22(29)26(20)2)27(18)13-12-16-9-4-3-5-10-16/h3-11,23H,12-14H2,1-2H3,(H,25,28,29). The van der Waals surface area contributed by atoms with E-state index in [0.29, 0.717) is 30.1 Å². The number of nitrogens with one attached hydrogen (secondary N) is 2. The predicted octanol–water partition coefficient (Wildman–Crippen LogP) is 2.59. The first-order valence-electron chi connectivity index (χ1n) is 9.56. The van der Waals surface area contributed by atoms with E-state index in [1.807, 2.05) is 54.0 Å². The fourth-order valence-electron chi connectivity index (χ4n) is 3.49. The maximum Gasteiger partial charge on any atom is 0.329 e. The van der Waals surface area contributed by atoms with Crippen LogP contribution < -0.4 is 16.6 Å². The molecule has 0 radical (unpaired) electrons. The van der Waals surface area contributed by atoms with Gasteiger partial charge in [0.25, 0.3) is 5.56 Å². The Bertz CT molecular complexity index is 1270. The van der Waals surface area contributed by atoms with Crippen LogP contribution in [0.1, 0.15) is 17.0 Å². The zero-order valence-corrected chi connectivity index (χ0v) is 16.5. The Morgan fingerprint density at radius 1 is 1.03 bits per heavy atom. The number of aromatic nitrogens is 4. The van der Waals surface area contributed by atoms with E-state index in [0.717, 1.165) is 17.7 Å². The normalized spacial score (nSPS) is 11.1. The van der Waals surface area contributed by atoms with Crippen molar-refractivity contribution in [1.82, 2.24) is 19.1 Å². The molecule has 0 aliphatic rings. The Morgan fingerprint density at radius 2 is 1.76 bits per heavy atom. The smallest absolute Gasteiger partial charge is 0.329 e. The van der Waals surface area contributed by atoms with Gasteiger partial charge in [0, 0.05) is 19.3 Å². The third-order valence-corrected chi connectivity index (χ3v) is 5.14. The van der Waals surface area contributed by atoms with Gasteiger partial charge in [0.05, 0.1) is 6.54 Å². The minimum atomic E-state index is -0.464.